The van der Waals surface area contributed by atoms with Crippen molar-refractivity contribution in [2.75, 3.05) is 0 Å². The zero-order valence-corrected chi connectivity index (χ0v) is 11.3. The van der Waals surface area contributed by atoms with E-state index in [0.717, 1.165) is 6.07 Å². The first-order valence-corrected chi connectivity index (χ1v) is 6.25. The van der Waals surface area contributed by atoms with Gasteiger partial charge in [-0.15, -0.1) is 0 Å². The van der Waals surface area contributed by atoms with E-state index in [1.54, 1.807) is 19.1 Å². The minimum Gasteiger partial charge on any atom is -0.322 e. The van der Waals surface area contributed by atoms with Crippen LogP contribution in [0, 0.1) is 6.92 Å². The molecule has 22 heavy (non-hydrogen) atoms. The number of rotatable bonds is 2. The lowest BCUT2D eigenvalue weighted by Crippen LogP contribution is -2.34. The van der Waals surface area contributed by atoms with Crippen LogP contribution in [0.1, 0.15) is 36.9 Å². The number of H-pyrrole nitrogens is 1. The third kappa shape index (κ3) is 2.06. The van der Waals surface area contributed by atoms with Crippen molar-refractivity contribution in [1.82, 2.24) is 15.3 Å². The van der Waals surface area contributed by atoms with Crippen molar-refractivity contribution in [3.63, 3.8) is 0 Å². The second-order valence-electron chi connectivity index (χ2n) is 4.59. The Labute approximate surface area is 123 Å². The number of aromatic amines is 1. The van der Waals surface area contributed by atoms with Crippen molar-refractivity contribution in [1.29, 1.82) is 0 Å². The number of aryl methyl sites for hydroxylation is 1. The molecule has 0 unspecified atom stereocenters. The highest BCUT2D eigenvalue weighted by molar-refractivity contribution is 6.21. The molecule has 2 aromatic rings. The second-order valence-corrected chi connectivity index (χ2v) is 4.59. The average Bonchev–Trinajstić information content (AvgIpc) is 2.73. The van der Waals surface area contributed by atoms with Crippen LogP contribution in [0.15, 0.2) is 35.1 Å². The number of carbonyl (C=O) groups excluding carboxylic acids is 3. The molecule has 0 bridgehead atoms. The molecule has 0 atom stereocenters. The van der Waals surface area contributed by atoms with E-state index in [-0.39, 0.29) is 11.1 Å². The predicted octanol–water partition coefficient (Wildman–Crippen LogP) is 0.446. The molecule has 0 saturated heterocycles. The number of hydrogen-bond donors (Lipinski definition) is 1. The maximum Gasteiger partial charge on any atom is 0.388 e. The molecule has 0 radical (unpaired) electrons. The van der Waals surface area contributed by atoms with E-state index in [1.807, 2.05) is 0 Å². The molecule has 3 rings (SSSR count). The van der Waals surface area contributed by atoms with E-state index < -0.39 is 28.9 Å². The summed E-state index contributed by atoms with van der Waals surface area (Å²) >= 11 is 0. The van der Waals surface area contributed by atoms with Crippen molar-refractivity contribution >= 4 is 17.8 Å². The van der Waals surface area contributed by atoms with E-state index in [4.69, 9.17) is 4.84 Å². The van der Waals surface area contributed by atoms with Gasteiger partial charge in [-0.05, 0) is 19.1 Å². The molecular weight excluding hydrogens is 290 g/mol. The third-order valence-electron chi connectivity index (χ3n) is 3.05. The van der Waals surface area contributed by atoms with Crippen LogP contribution in [0.3, 0.4) is 0 Å². The monoisotopic (exact) mass is 299 g/mol. The number of nitrogens with zero attached hydrogens (tertiary/aromatic N) is 2. The standard InChI is InChI=1S/C14H9N3O5/c1-7-6-10(18)11(16-15-7)14(21)22-17-12(19)8-4-2-3-5-9(8)13(17)20/h2-6H,1H3,(H,15,18). The molecule has 8 heteroatoms. The number of aromatic nitrogens is 2. The van der Waals surface area contributed by atoms with Crippen molar-refractivity contribution in [2.24, 2.45) is 0 Å². The van der Waals surface area contributed by atoms with Crippen LogP contribution in [-0.4, -0.2) is 33.0 Å². The normalized spacial score (nSPS) is 13.2. The SMILES string of the molecule is Cc1cc(=O)c(C(=O)ON2C(=O)c3ccccc3C2=O)n[nH]1. The summed E-state index contributed by atoms with van der Waals surface area (Å²) in [6, 6.07) is 7.22. The lowest BCUT2D eigenvalue weighted by molar-refractivity contribution is -0.0590. The van der Waals surface area contributed by atoms with Crippen LogP contribution in [0.5, 0.6) is 0 Å². The number of imide groups is 1. The van der Waals surface area contributed by atoms with Gasteiger partial charge in [0.25, 0.3) is 11.8 Å². The lowest BCUT2D eigenvalue weighted by Gasteiger charge is -2.11. The highest BCUT2D eigenvalue weighted by Gasteiger charge is 2.39. The van der Waals surface area contributed by atoms with Crippen LogP contribution >= 0.6 is 0 Å². The molecule has 2 amide bonds. The van der Waals surface area contributed by atoms with Crippen LogP contribution < -0.4 is 5.43 Å². The molecule has 0 spiro atoms. The van der Waals surface area contributed by atoms with Gasteiger partial charge in [-0.2, -0.15) is 5.10 Å². The Hall–Kier alpha value is -3.29. The lowest BCUT2D eigenvalue weighted by atomic mass is 10.1. The van der Waals surface area contributed by atoms with Gasteiger partial charge >= 0.3 is 5.97 Å². The molecule has 0 aliphatic carbocycles. The smallest absolute Gasteiger partial charge is 0.322 e. The second kappa shape index (κ2) is 4.92. The van der Waals surface area contributed by atoms with E-state index >= 15 is 0 Å². The molecule has 8 nitrogen and oxygen atoms in total. The Kier molecular flexibility index (Phi) is 3.06. The Morgan fingerprint density at radius 1 is 1.14 bits per heavy atom. The number of carbonyl (C=O) groups is 3. The van der Waals surface area contributed by atoms with E-state index in [0.29, 0.717) is 10.8 Å². The Balaban J connectivity index is 1.89. The fourth-order valence-corrected chi connectivity index (χ4v) is 2.02. The molecule has 2 heterocycles. The molecule has 1 aromatic heterocycles. The van der Waals surface area contributed by atoms with Gasteiger partial charge in [-0.3, -0.25) is 19.5 Å². The van der Waals surface area contributed by atoms with Gasteiger partial charge < -0.3 is 4.84 Å². The first-order valence-electron chi connectivity index (χ1n) is 6.25. The number of benzene rings is 1. The van der Waals surface area contributed by atoms with Crippen molar-refractivity contribution in [2.45, 2.75) is 6.92 Å². The van der Waals surface area contributed by atoms with Gasteiger partial charge in [-0.25, -0.2) is 4.79 Å². The zero-order chi connectivity index (χ0) is 15.9. The summed E-state index contributed by atoms with van der Waals surface area (Å²) in [5.41, 5.74) is -0.487. The Morgan fingerprint density at radius 2 is 1.73 bits per heavy atom. The number of nitrogens with one attached hydrogen (secondary N) is 1. The van der Waals surface area contributed by atoms with E-state index in [2.05, 4.69) is 10.2 Å². The van der Waals surface area contributed by atoms with Crippen molar-refractivity contribution in [3.8, 4) is 0 Å². The molecule has 0 saturated carbocycles. The molecule has 1 aromatic carbocycles. The average molecular weight is 299 g/mol. The van der Waals surface area contributed by atoms with E-state index in [1.165, 1.54) is 12.1 Å². The maximum atomic E-state index is 12.0. The molecule has 110 valence electrons. The van der Waals surface area contributed by atoms with Crippen molar-refractivity contribution < 1.29 is 19.2 Å². The summed E-state index contributed by atoms with van der Waals surface area (Å²) < 4.78 is 0. The summed E-state index contributed by atoms with van der Waals surface area (Å²) in [7, 11) is 0. The fraction of sp³-hybridized carbons (Fsp3) is 0.0714. The Bertz CT molecular complexity index is 836. The van der Waals surface area contributed by atoms with Gasteiger partial charge in [0.05, 0.1) is 11.1 Å². The minimum absolute atomic E-state index is 0.131. The van der Waals surface area contributed by atoms with Gasteiger partial charge in [0, 0.05) is 11.8 Å². The summed E-state index contributed by atoms with van der Waals surface area (Å²) in [6.07, 6.45) is 0. The van der Waals surface area contributed by atoms with Crippen LogP contribution in [-0.2, 0) is 4.84 Å². The molecule has 1 aliphatic rings. The zero-order valence-electron chi connectivity index (χ0n) is 11.3. The quantitative estimate of drug-likeness (QED) is 0.806. The van der Waals surface area contributed by atoms with Crippen LogP contribution in [0.25, 0.3) is 0 Å². The Morgan fingerprint density at radius 3 is 2.27 bits per heavy atom. The largest absolute Gasteiger partial charge is 0.388 e. The summed E-state index contributed by atoms with van der Waals surface area (Å²) in [5, 5.41) is 6.33. The van der Waals surface area contributed by atoms with Gasteiger partial charge in [0.2, 0.25) is 11.1 Å². The minimum atomic E-state index is -1.18. The third-order valence-corrected chi connectivity index (χ3v) is 3.05. The van der Waals surface area contributed by atoms with Crippen molar-refractivity contribution in [3.05, 3.63) is 63.1 Å². The highest BCUT2D eigenvalue weighted by atomic mass is 16.7. The molecule has 0 fully saturated rings. The number of fused-ring (bicyclic) bond motifs is 1. The summed E-state index contributed by atoms with van der Waals surface area (Å²) in [6.45, 7) is 1.59. The van der Waals surface area contributed by atoms with Gasteiger partial charge in [0.15, 0.2) is 0 Å². The first kappa shape index (κ1) is 13.7. The van der Waals surface area contributed by atoms with Gasteiger partial charge in [-0.1, -0.05) is 17.2 Å². The highest BCUT2D eigenvalue weighted by Crippen LogP contribution is 2.22. The van der Waals surface area contributed by atoms with Crippen LogP contribution in [0.4, 0.5) is 0 Å². The molecular formula is C14H9N3O5. The first-order chi connectivity index (χ1) is 10.5. The number of hydroxylamine groups is 2. The maximum absolute atomic E-state index is 12.0. The molecule has 1 N–H and O–H groups in total. The summed E-state index contributed by atoms with van der Waals surface area (Å²) in [5.74, 6) is -2.72. The summed E-state index contributed by atoms with van der Waals surface area (Å²) in [4.78, 5) is 52.4. The number of amides is 2. The predicted molar refractivity (Wildman–Crippen MR) is 72.0 cm³/mol. The number of hydrogen-bond acceptors (Lipinski definition) is 6. The van der Waals surface area contributed by atoms with Crippen LogP contribution in [0.2, 0.25) is 0 Å². The fourth-order valence-electron chi connectivity index (χ4n) is 2.02. The van der Waals surface area contributed by atoms with E-state index in [9.17, 15) is 19.2 Å². The molecule has 1 aliphatic heterocycles. The van der Waals surface area contributed by atoms with Gasteiger partial charge in [0.1, 0.15) is 0 Å². The topological polar surface area (TPSA) is 109 Å².